The second-order valence-corrected chi connectivity index (χ2v) is 3.74. The van der Waals surface area contributed by atoms with E-state index in [1.165, 1.54) is 7.11 Å². The van der Waals surface area contributed by atoms with Crippen LogP contribution in [0.4, 0.5) is 10.5 Å². The number of nitrogens with zero attached hydrogens (tertiary/aromatic N) is 2. The Morgan fingerprint density at radius 1 is 1.39 bits per heavy atom. The van der Waals surface area contributed by atoms with Gasteiger partial charge in [-0.2, -0.15) is 5.26 Å². The number of carbonyl (C=O) groups is 2. The molecular formula is C12H11N3O3. The molecule has 1 atom stereocenters. The number of hydrogen-bond acceptors (Lipinski definition) is 4. The number of methoxy groups -OCH3 is 1. The first kappa shape index (κ1) is 12.1. The third-order valence-corrected chi connectivity index (χ3v) is 2.68. The first-order chi connectivity index (χ1) is 8.67. The van der Waals surface area contributed by atoms with Crippen LogP contribution in [0.25, 0.3) is 0 Å². The van der Waals surface area contributed by atoms with Crippen molar-refractivity contribution in [1.29, 1.82) is 5.26 Å². The first-order valence-corrected chi connectivity index (χ1v) is 5.32. The molecule has 1 aliphatic rings. The van der Waals surface area contributed by atoms with Gasteiger partial charge in [0.1, 0.15) is 0 Å². The summed E-state index contributed by atoms with van der Waals surface area (Å²) in [5, 5.41) is 11.3. The molecule has 1 heterocycles. The summed E-state index contributed by atoms with van der Waals surface area (Å²) in [7, 11) is 1.41. The Bertz CT molecular complexity index is 518. The summed E-state index contributed by atoms with van der Waals surface area (Å²) in [5.41, 5.74) is 0.880. The van der Waals surface area contributed by atoms with Gasteiger partial charge in [-0.25, -0.2) is 9.69 Å². The standard InChI is InChI=1S/C12H11N3O3/c1-18-10-7-14-12(17)15(11(10)16)9-4-2-8(6-13)3-5-9/h2-5,10H,7H2,1H3,(H,14,17). The van der Waals surface area contributed by atoms with Crippen molar-refractivity contribution < 1.29 is 14.3 Å². The molecule has 3 amide bonds. The number of hydrogen-bond donors (Lipinski definition) is 1. The Morgan fingerprint density at radius 2 is 2.06 bits per heavy atom. The molecule has 0 aliphatic carbocycles. The summed E-state index contributed by atoms with van der Waals surface area (Å²) in [4.78, 5) is 24.7. The highest BCUT2D eigenvalue weighted by molar-refractivity contribution is 6.17. The van der Waals surface area contributed by atoms with Crippen LogP contribution in [0, 0.1) is 11.3 Å². The van der Waals surface area contributed by atoms with Crippen LogP contribution < -0.4 is 10.2 Å². The highest BCUT2D eigenvalue weighted by atomic mass is 16.5. The summed E-state index contributed by atoms with van der Waals surface area (Å²) in [6.45, 7) is 0.168. The lowest BCUT2D eigenvalue weighted by Gasteiger charge is -2.30. The molecule has 18 heavy (non-hydrogen) atoms. The normalized spacial score (nSPS) is 19.3. The van der Waals surface area contributed by atoms with Crippen molar-refractivity contribution in [3.63, 3.8) is 0 Å². The van der Waals surface area contributed by atoms with Crippen molar-refractivity contribution in [2.45, 2.75) is 6.10 Å². The smallest absolute Gasteiger partial charge is 0.328 e. The maximum absolute atomic E-state index is 12.0. The monoisotopic (exact) mass is 245 g/mol. The summed E-state index contributed by atoms with van der Waals surface area (Å²) in [5.74, 6) is -0.411. The molecule has 1 fully saturated rings. The fourth-order valence-corrected chi connectivity index (χ4v) is 1.70. The zero-order valence-electron chi connectivity index (χ0n) is 9.71. The molecule has 0 radical (unpaired) electrons. The molecule has 1 unspecified atom stereocenters. The van der Waals surface area contributed by atoms with Crippen molar-refractivity contribution in [2.75, 3.05) is 18.6 Å². The topological polar surface area (TPSA) is 82.4 Å². The van der Waals surface area contributed by atoms with Crippen molar-refractivity contribution in [3.8, 4) is 6.07 Å². The van der Waals surface area contributed by atoms with Crippen LogP contribution in [0.1, 0.15) is 5.56 Å². The Labute approximate surface area is 104 Å². The summed E-state index contributed by atoms with van der Waals surface area (Å²) in [6.07, 6.45) is -0.682. The van der Waals surface area contributed by atoms with Crippen LogP contribution in [-0.2, 0) is 9.53 Å². The molecule has 1 aromatic carbocycles. The van der Waals surface area contributed by atoms with Crippen LogP contribution in [0.5, 0.6) is 0 Å². The zero-order chi connectivity index (χ0) is 13.1. The third-order valence-electron chi connectivity index (χ3n) is 2.68. The van der Waals surface area contributed by atoms with E-state index in [0.717, 1.165) is 4.90 Å². The maximum Gasteiger partial charge on any atom is 0.328 e. The molecular weight excluding hydrogens is 234 g/mol. The number of urea groups is 1. The largest absolute Gasteiger partial charge is 0.370 e. The quantitative estimate of drug-likeness (QED) is 0.828. The van der Waals surface area contributed by atoms with Gasteiger partial charge in [0.2, 0.25) is 0 Å². The van der Waals surface area contributed by atoms with E-state index in [1.807, 2.05) is 6.07 Å². The van der Waals surface area contributed by atoms with E-state index in [4.69, 9.17) is 10.00 Å². The fraction of sp³-hybridized carbons (Fsp3) is 0.250. The fourth-order valence-electron chi connectivity index (χ4n) is 1.70. The van der Waals surface area contributed by atoms with Gasteiger partial charge in [-0.3, -0.25) is 4.79 Å². The van der Waals surface area contributed by atoms with Gasteiger partial charge < -0.3 is 10.1 Å². The number of rotatable bonds is 2. The average Bonchev–Trinajstić information content (AvgIpc) is 2.40. The Kier molecular flexibility index (Phi) is 3.26. The van der Waals surface area contributed by atoms with Crippen LogP contribution in [-0.4, -0.2) is 31.7 Å². The number of anilines is 1. The molecule has 0 spiro atoms. The second kappa shape index (κ2) is 4.85. The third kappa shape index (κ3) is 2.04. The molecule has 0 bridgehead atoms. The number of ether oxygens (including phenoxy) is 1. The van der Waals surface area contributed by atoms with Gasteiger partial charge in [0.25, 0.3) is 5.91 Å². The van der Waals surface area contributed by atoms with Gasteiger partial charge in [0, 0.05) is 7.11 Å². The number of benzene rings is 1. The number of imide groups is 1. The minimum Gasteiger partial charge on any atom is -0.370 e. The Morgan fingerprint density at radius 3 is 2.61 bits per heavy atom. The van der Waals surface area contributed by atoms with Crippen LogP contribution in [0.2, 0.25) is 0 Å². The predicted octanol–water partition coefficient (Wildman–Crippen LogP) is 0.629. The lowest BCUT2D eigenvalue weighted by atomic mass is 10.2. The van der Waals surface area contributed by atoms with Crippen molar-refractivity contribution >= 4 is 17.6 Å². The van der Waals surface area contributed by atoms with Gasteiger partial charge in [-0.05, 0) is 24.3 Å². The minimum atomic E-state index is -0.682. The summed E-state index contributed by atoms with van der Waals surface area (Å²) in [6, 6.07) is 7.68. The summed E-state index contributed by atoms with van der Waals surface area (Å²) < 4.78 is 4.99. The zero-order valence-corrected chi connectivity index (χ0v) is 9.71. The number of nitrogens with one attached hydrogen (secondary N) is 1. The Balaban J connectivity index is 2.31. The molecule has 0 aromatic heterocycles. The summed E-state index contributed by atoms with van der Waals surface area (Å²) >= 11 is 0. The SMILES string of the molecule is COC1CNC(=O)N(c2ccc(C#N)cc2)C1=O. The first-order valence-electron chi connectivity index (χ1n) is 5.32. The van der Waals surface area contributed by atoms with Crippen LogP contribution in [0.15, 0.2) is 24.3 Å². The van der Waals surface area contributed by atoms with E-state index in [1.54, 1.807) is 24.3 Å². The number of nitriles is 1. The highest BCUT2D eigenvalue weighted by Crippen LogP contribution is 2.19. The lowest BCUT2D eigenvalue weighted by molar-refractivity contribution is -0.128. The number of amides is 3. The second-order valence-electron chi connectivity index (χ2n) is 3.74. The molecule has 2 rings (SSSR count). The van der Waals surface area contributed by atoms with Gasteiger partial charge in [0.05, 0.1) is 23.9 Å². The molecule has 6 heteroatoms. The lowest BCUT2D eigenvalue weighted by Crippen LogP contribution is -2.58. The van der Waals surface area contributed by atoms with Gasteiger partial charge in [-0.15, -0.1) is 0 Å². The van der Waals surface area contributed by atoms with E-state index in [-0.39, 0.29) is 6.54 Å². The molecule has 1 saturated heterocycles. The Hall–Kier alpha value is -2.39. The van der Waals surface area contributed by atoms with Crippen molar-refractivity contribution in [2.24, 2.45) is 0 Å². The van der Waals surface area contributed by atoms with Crippen LogP contribution >= 0.6 is 0 Å². The molecule has 0 saturated carbocycles. The van der Waals surface area contributed by atoms with Gasteiger partial charge in [-0.1, -0.05) is 0 Å². The van der Waals surface area contributed by atoms with E-state index in [0.29, 0.717) is 11.3 Å². The van der Waals surface area contributed by atoms with Crippen LogP contribution in [0.3, 0.4) is 0 Å². The number of carbonyl (C=O) groups excluding carboxylic acids is 2. The highest BCUT2D eigenvalue weighted by Gasteiger charge is 2.35. The molecule has 6 nitrogen and oxygen atoms in total. The minimum absolute atomic E-state index is 0.168. The van der Waals surface area contributed by atoms with Gasteiger partial charge >= 0.3 is 6.03 Å². The van der Waals surface area contributed by atoms with Gasteiger partial charge in [0.15, 0.2) is 6.10 Å². The predicted molar refractivity (Wildman–Crippen MR) is 62.8 cm³/mol. The van der Waals surface area contributed by atoms with Crippen molar-refractivity contribution in [3.05, 3.63) is 29.8 Å². The van der Waals surface area contributed by atoms with E-state index in [9.17, 15) is 9.59 Å². The molecule has 92 valence electrons. The van der Waals surface area contributed by atoms with E-state index < -0.39 is 18.0 Å². The van der Waals surface area contributed by atoms with E-state index >= 15 is 0 Å². The maximum atomic E-state index is 12.0. The molecule has 1 N–H and O–H groups in total. The average molecular weight is 245 g/mol. The van der Waals surface area contributed by atoms with E-state index in [2.05, 4.69) is 5.32 Å². The molecule has 1 aromatic rings. The molecule has 1 aliphatic heterocycles. The van der Waals surface area contributed by atoms with Crippen molar-refractivity contribution in [1.82, 2.24) is 5.32 Å².